The van der Waals surface area contributed by atoms with Gasteiger partial charge in [0.2, 0.25) is 5.95 Å². The standard InChI is InChI=1S/C20H28N4O.ClH/c1-14-8-16-17(9-20(2,3)10-18(16)25-14)21-11-15-12-22-19(23-13-15)24-6-4-5-7-24;/h8,12-13,17,21H,4-7,9-11H2,1-3H3;1H. The van der Waals surface area contributed by atoms with Crippen LogP contribution in [-0.4, -0.2) is 23.1 Å². The lowest BCUT2D eigenvalue weighted by Gasteiger charge is -2.34. The minimum Gasteiger partial charge on any atom is -0.466 e. The summed E-state index contributed by atoms with van der Waals surface area (Å²) < 4.78 is 5.93. The van der Waals surface area contributed by atoms with Crippen LogP contribution in [0.25, 0.3) is 0 Å². The summed E-state index contributed by atoms with van der Waals surface area (Å²) in [7, 11) is 0. The molecule has 26 heavy (non-hydrogen) atoms. The molecule has 0 aromatic carbocycles. The maximum Gasteiger partial charge on any atom is 0.225 e. The van der Waals surface area contributed by atoms with Crippen molar-refractivity contribution in [1.82, 2.24) is 15.3 Å². The molecular weight excluding hydrogens is 348 g/mol. The predicted octanol–water partition coefficient (Wildman–Crippen LogP) is 4.20. The Bertz CT molecular complexity index is 735. The first-order chi connectivity index (χ1) is 12.0. The van der Waals surface area contributed by atoms with Crippen molar-refractivity contribution in [3.63, 3.8) is 0 Å². The number of aromatic nitrogens is 2. The zero-order valence-corrected chi connectivity index (χ0v) is 16.7. The maximum absolute atomic E-state index is 5.93. The van der Waals surface area contributed by atoms with E-state index in [-0.39, 0.29) is 17.8 Å². The number of anilines is 1. The van der Waals surface area contributed by atoms with Gasteiger partial charge in [-0.1, -0.05) is 13.8 Å². The molecule has 4 rings (SSSR count). The molecule has 1 atom stereocenters. The predicted molar refractivity (Wildman–Crippen MR) is 106 cm³/mol. The van der Waals surface area contributed by atoms with Crippen molar-refractivity contribution in [2.75, 3.05) is 18.0 Å². The fourth-order valence-electron chi connectivity index (χ4n) is 4.13. The fraction of sp³-hybridized carbons (Fsp3) is 0.600. The van der Waals surface area contributed by atoms with Crippen LogP contribution in [0.2, 0.25) is 0 Å². The molecule has 1 unspecified atom stereocenters. The molecule has 0 spiro atoms. The van der Waals surface area contributed by atoms with Crippen LogP contribution in [-0.2, 0) is 13.0 Å². The average Bonchev–Trinajstić information content (AvgIpc) is 3.21. The summed E-state index contributed by atoms with van der Waals surface area (Å²) in [6.07, 6.45) is 8.55. The van der Waals surface area contributed by atoms with E-state index in [2.05, 4.69) is 40.1 Å². The second kappa shape index (κ2) is 7.57. The SMILES string of the molecule is Cc1cc2c(o1)CC(C)(C)CC2NCc1cnc(N2CCCC2)nc1.Cl. The third kappa shape index (κ3) is 4.04. The topological polar surface area (TPSA) is 54.2 Å². The number of hydrogen-bond donors (Lipinski definition) is 1. The van der Waals surface area contributed by atoms with E-state index >= 15 is 0 Å². The first-order valence-electron chi connectivity index (χ1n) is 9.39. The summed E-state index contributed by atoms with van der Waals surface area (Å²) in [6, 6.07) is 2.52. The Hall–Kier alpha value is -1.59. The molecule has 0 radical (unpaired) electrons. The van der Waals surface area contributed by atoms with E-state index in [0.717, 1.165) is 55.5 Å². The second-order valence-electron chi connectivity index (χ2n) is 8.30. The monoisotopic (exact) mass is 376 g/mol. The molecule has 0 saturated carbocycles. The molecule has 1 aliphatic carbocycles. The van der Waals surface area contributed by atoms with Gasteiger partial charge in [-0.15, -0.1) is 12.4 Å². The molecule has 2 aliphatic rings. The smallest absolute Gasteiger partial charge is 0.225 e. The summed E-state index contributed by atoms with van der Waals surface area (Å²) >= 11 is 0. The highest BCUT2D eigenvalue weighted by Crippen LogP contribution is 2.42. The van der Waals surface area contributed by atoms with Crippen LogP contribution in [0.1, 0.15) is 61.8 Å². The summed E-state index contributed by atoms with van der Waals surface area (Å²) in [5.41, 5.74) is 2.71. The molecule has 142 valence electrons. The largest absolute Gasteiger partial charge is 0.466 e. The van der Waals surface area contributed by atoms with Crippen LogP contribution in [0, 0.1) is 12.3 Å². The average molecular weight is 377 g/mol. The van der Waals surface area contributed by atoms with Gasteiger partial charge in [-0.3, -0.25) is 0 Å². The summed E-state index contributed by atoms with van der Waals surface area (Å²) in [5.74, 6) is 3.02. The molecule has 1 aliphatic heterocycles. The van der Waals surface area contributed by atoms with Crippen LogP contribution in [0.15, 0.2) is 22.9 Å². The van der Waals surface area contributed by atoms with Crippen LogP contribution >= 0.6 is 12.4 Å². The number of nitrogens with one attached hydrogen (secondary N) is 1. The molecule has 2 aromatic heterocycles. The van der Waals surface area contributed by atoms with Gasteiger partial charge < -0.3 is 14.6 Å². The van der Waals surface area contributed by atoms with E-state index in [1.165, 1.54) is 18.4 Å². The molecule has 6 heteroatoms. The Labute approximate surface area is 162 Å². The molecular formula is C20H29ClN4O. The van der Waals surface area contributed by atoms with Crippen molar-refractivity contribution in [3.8, 4) is 0 Å². The number of fused-ring (bicyclic) bond motifs is 1. The lowest BCUT2D eigenvalue weighted by molar-refractivity contribution is 0.233. The normalized spacial score (nSPS) is 21.3. The van der Waals surface area contributed by atoms with Crippen molar-refractivity contribution in [2.45, 2.75) is 59.0 Å². The Morgan fingerprint density at radius 3 is 2.62 bits per heavy atom. The van der Waals surface area contributed by atoms with E-state index in [4.69, 9.17) is 4.42 Å². The highest BCUT2D eigenvalue weighted by molar-refractivity contribution is 5.85. The van der Waals surface area contributed by atoms with E-state index in [1.54, 1.807) is 0 Å². The highest BCUT2D eigenvalue weighted by Gasteiger charge is 2.34. The number of halogens is 1. The van der Waals surface area contributed by atoms with Gasteiger partial charge in [-0.05, 0) is 37.7 Å². The minimum atomic E-state index is 0. The molecule has 1 saturated heterocycles. The second-order valence-corrected chi connectivity index (χ2v) is 8.30. The molecule has 5 nitrogen and oxygen atoms in total. The van der Waals surface area contributed by atoms with Crippen molar-refractivity contribution < 1.29 is 4.42 Å². The lowest BCUT2D eigenvalue weighted by Crippen LogP contribution is -2.32. The zero-order valence-electron chi connectivity index (χ0n) is 15.9. The van der Waals surface area contributed by atoms with Gasteiger partial charge in [0.25, 0.3) is 0 Å². The van der Waals surface area contributed by atoms with Gasteiger partial charge in [0, 0.05) is 55.6 Å². The Balaban J connectivity index is 0.00000196. The molecule has 0 bridgehead atoms. The van der Waals surface area contributed by atoms with E-state index < -0.39 is 0 Å². The molecule has 1 fully saturated rings. The Kier molecular flexibility index (Phi) is 5.58. The Morgan fingerprint density at radius 2 is 1.92 bits per heavy atom. The van der Waals surface area contributed by atoms with Crippen molar-refractivity contribution >= 4 is 18.4 Å². The van der Waals surface area contributed by atoms with E-state index in [0.29, 0.717) is 6.04 Å². The quantitative estimate of drug-likeness (QED) is 0.866. The molecule has 0 amide bonds. The van der Waals surface area contributed by atoms with Gasteiger partial charge in [0.15, 0.2) is 0 Å². The van der Waals surface area contributed by atoms with E-state index in [9.17, 15) is 0 Å². The van der Waals surface area contributed by atoms with Crippen LogP contribution < -0.4 is 10.2 Å². The number of hydrogen-bond acceptors (Lipinski definition) is 5. The van der Waals surface area contributed by atoms with Crippen molar-refractivity contribution in [1.29, 1.82) is 0 Å². The number of nitrogens with zero attached hydrogens (tertiary/aromatic N) is 3. The third-order valence-corrected chi connectivity index (χ3v) is 5.37. The Morgan fingerprint density at radius 1 is 1.23 bits per heavy atom. The van der Waals surface area contributed by atoms with Crippen molar-refractivity contribution in [3.05, 3.63) is 41.1 Å². The fourth-order valence-corrected chi connectivity index (χ4v) is 4.13. The number of furan rings is 1. The van der Waals surface area contributed by atoms with Crippen molar-refractivity contribution in [2.24, 2.45) is 5.41 Å². The van der Waals surface area contributed by atoms with Crippen LogP contribution in [0.4, 0.5) is 5.95 Å². The maximum atomic E-state index is 5.93. The lowest BCUT2D eigenvalue weighted by atomic mass is 9.74. The van der Waals surface area contributed by atoms with Gasteiger partial charge in [-0.2, -0.15) is 0 Å². The van der Waals surface area contributed by atoms with E-state index in [1.807, 2.05) is 19.3 Å². The summed E-state index contributed by atoms with van der Waals surface area (Å²) in [5, 5.41) is 3.70. The van der Waals surface area contributed by atoms with Gasteiger partial charge in [0.05, 0.1) is 0 Å². The van der Waals surface area contributed by atoms with Gasteiger partial charge in [-0.25, -0.2) is 9.97 Å². The first-order valence-corrected chi connectivity index (χ1v) is 9.39. The highest BCUT2D eigenvalue weighted by atomic mass is 35.5. The molecule has 1 N–H and O–H groups in total. The number of rotatable bonds is 4. The minimum absolute atomic E-state index is 0. The van der Waals surface area contributed by atoms with Gasteiger partial charge in [0.1, 0.15) is 11.5 Å². The summed E-state index contributed by atoms with van der Waals surface area (Å²) in [6.45, 7) is 9.61. The van der Waals surface area contributed by atoms with Crippen LogP contribution in [0.3, 0.4) is 0 Å². The third-order valence-electron chi connectivity index (χ3n) is 5.37. The van der Waals surface area contributed by atoms with Gasteiger partial charge >= 0.3 is 0 Å². The summed E-state index contributed by atoms with van der Waals surface area (Å²) in [4.78, 5) is 11.4. The zero-order chi connectivity index (χ0) is 17.4. The molecule has 2 aromatic rings. The molecule has 3 heterocycles. The van der Waals surface area contributed by atoms with Crippen LogP contribution in [0.5, 0.6) is 0 Å². The first kappa shape index (κ1) is 19.2. The number of aryl methyl sites for hydroxylation is 1.